The van der Waals surface area contributed by atoms with E-state index >= 15 is 0 Å². The number of nitrogens with zero attached hydrogens (tertiary/aromatic N) is 1. The van der Waals surface area contributed by atoms with Gasteiger partial charge in [-0.25, -0.2) is 18.1 Å². The molecule has 8 heteroatoms. The molecule has 2 aromatic carbocycles. The molecule has 0 aliphatic rings. The molecular weight excluding hydrogens is 380 g/mol. The van der Waals surface area contributed by atoms with E-state index in [1.54, 1.807) is 26.2 Å². The summed E-state index contributed by atoms with van der Waals surface area (Å²) in [6.07, 6.45) is 0. The molecule has 0 fully saturated rings. The van der Waals surface area contributed by atoms with Crippen molar-refractivity contribution < 1.29 is 22.3 Å². The van der Waals surface area contributed by atoms with Gasteiger partial charge in [0, 0.05) is 5.56 Å². The number of hydrogen-bond donors (Lipinski definition) is 1. The molecule has 1 aromatic heterocycles. The molecule has 3 aromatic rings. The lowest BCUT2D eigenvalue weighted by molar-refractivity contribution is 0.340. The van der Waals surface area contributed by atoms with Crippen molar-refractivity contribution in [2.45, 2.75) is 25.3 Å². The number of sulfonamides is 1. The molecule has 1 N–H and O–H groups in total. The zero-order valence-corrected chi connectivity index (χ0v) is 16.7. The fourth-order valence-electron chi connectivity index (χ4n) is 2.58. The topological polar surface area (TPSA) is 90.7 Å². The van der Waals surface area contributed by atoms with Crippen LogP contribution in [-0.2, 0) is 16.6 Å². The summed E-state index contributed by atoms with van der Waals surface area (Å²) in [5.41, 5.74) is 1.31. The Morgan fingerprint density at radius 3 is 2.29 bits per heavy atom. The first-order valence-corrected chi connectivity index (χ1v) is 10.2. The quantitative estimate of drug-likeness (QED) is 0.620. The van der Waals surface area contributed by atoms with Crippen LogP contribution in [0.15, 0.2) is 57.8 Å². The summed E-state index contributed by atoms with van der Waals surface area (Å²) in [6.45, 7) is 4.17. The van der Waals surface area contributed by atoms with Crippen LogP contribution in [0.25, 0.3) is 11.5 Å². The third-order valence-corrected chi connectivity index (χ3v) is 5.52. The second kappa shape index (κ2) is 8.45. The van der Waals surface area contributed by atoms with Gasteiger partial charge in [0.2, 0.25) is 15.9 Å². The van der Waals surface area contributed by atoms with Crippen LogP contribution in [0, 0.1) is 6.92 Å². The van der Waals surface area contributed by atoms with E-state index in [1.807, 2.05) is 31.2 Å². The van der Waals surface area contributed by atoms with Crippen molar-refractivity contribution in [2.24, 2.45) is 0 Å². The first kappa shape index (κ1) is 19.9. The molecule has 0 amide bonds. The van der Waals surface area contributed by atoms with E-state index in [9.17, 15) is 8.42 Å². The van der Waals surface area contributed by atoms with Crippen LogP contribution < -0.4 is 14.2 Å². The van der Waals surface area contributed by atoms with Crippen LogP contribution in [-0.4, -0.2) is 27.1 Å². The van der Waals surface area contributed by atoms with E-state index in [0.717, 1.165) is 11.3 Å². The number of aryl methyl sites for hydroxylation is 1. The minimum absolute atomic E-state index is 0.0288. The maximum atomic E-state index is 12.5. The van der Waals surface area contributed by atoms with E-state index < -0.39 is 10.0 Å². The molecule has 0 unspecified atom stereocenters. The molecule has 3 rings (SSSR count). The third-order valence-electron chi connectivity index (χ3n) is 4.10. The molecule has 7 nitrogen and oxygen atoms in total. The number of nitrogens with one attached hydrogen (secondary N) is 1. The van der Waals surface area contributed by atoms with Crippen LogP contribution in [0.5, 0.6) is 11.5 Å². The highest BCUT2D eigenvalue weighted by Gasteiger charge is 2.17. The highest BCUT2D eigenvalue weighted by molar-refractivity contribution is 7.89. The number of oxazole rings is 1. The Balaban J connectivity index is 1.72. The lowest BCUT2D eigenvalue weighted by atomic mass is 10.2. The van der Waals surface area contributed by atoms with E-state index in [4.69, 9.17) is 13.9 Å². The van der Waals surface area contributed by atoms with E-state index in [2.05, 4.69) is 9.71 Å². The van der Waals surface area contributed by atoms with Crippen molar-refractivity contribution >= 4 is 10.0 Å². The SMILES string of the molecule is CCOc1ccc(S(=O)(=O)NCc2nc(-c3ccc(OC)cc3)oc2C)cc1. The Morgan fingerprint density at radius 2 is 1.68 bits per heavy atom. The molecule has 0 radical (unpaired) electrons. The smallest absolute Gasteiger partial charge is 0.240 e. The highest BCUT2D eigenvalue weighted by Crippen LogP contribution is 2.24. The van der Waals surface area contributed by atoms with Crippen LogP contribution in [0.1, 0.15) is 18.4 Å². The third kappa shape index (κ3) is 4.52. The van der Waals surface area contributed by atoms with E-state index in [0.29, 0.717) is 29.7 Å². The first-order chi connectivity index (χ1) is 13.4. The van der Waals surface area contributed by atoms with E-state index in [1.165, 1.54) is 12.1 Å². The van der Waals surface area contributed by atoms with Crippen molar-refractivity contribution in [1.29, 1.82) is 0 Å². The molecule has 0 saturated carbocycles. The number of benzene rings is 2. The minimum Gasteiger partial charge on any atom is -0.497 e. The van der Waals surface area contributed by atoms with Crippen molar-refractivity contribution in [2.75, 3.05) is 13.7 Å². The fraction of sp³-hybridized carbons (Fsp3) is 0.250. The lowest BCUT2D eigenvalue weighted by Gasteiger charge is -2.07. The number of methoxy groups -OCH3 is 1. The largest absolute Gasteiger partial charge is 0.497 e. The van der Waals surface area contributed by atoms with Gasteiger partial charge in [-0.3, -0.25) is 0 Å². The summed E-state index contributed by atoms with van der Waals surface area (Å²) >= 11 is 0. The van der Waals surface area contributed by atoms with Gasteiger partial charge < -0.3 is 13.9 Å². The summed E-state index contributed by atoms with van der Waals surface area (Å²) in [4.78, 5) is 4.58. The molecule has 0 aliphatic carbocycles. The minimum atomic E-state index is -3.68. The Kier molecular flexibility index (Phi) is 6.01. The summed E-state index contributed by atoms with van der Waals surface area (Å²) in [7, 11) is -2.08. The predicted molar refractivity (Wildman–Crippen MR) is 105 cm³/mol. The second-order valence-electron chi connectivity index (χ2n) is 5.98. The van der Waals surface area contributed by atoms with Crippen molar-refractivity contribution in [3.8, 4) is 23.0 Å². The van der Waals surface area contributed by atoms with Crippen LogP contribution >= 0.6 is 0 Å². The standard InChI is InChI=1S/C20H22N2O5S/c1-4-26-17-9-11-18(12-10-17)28(23,24)21-13-19-14(2)27-20(22-19)15-5-7-16(25-3)8-6-15/h5-12,21H,4,13H2,1-3H3. The van der Waals surface area contributed by atoms with Gasteiger partial charge in [-0.05, 0) is 62.4 Å². The van der Waals surface area contributed by atoms with Gasteiger partial charge in [0.05, 0.1) is 30.9 Å². The Labute approximate surface area is 164 Å². The van der Waals surface area contributed by atoms with Gasteiger partial charge in [0.15, 0.2) is 0 Å². The van der Waals surface area contributed by atoms with Gasteiger partial charge in [0.25, 0.3) is 0 Å². The van der Waals surface area contributed by atoms with Gasteiger partial charge >= 0.3 is 0 Å². The second-order valence-corrected chi connectivity index (χ2v) is 7.75. The molecule has 1 heterocycles. The Bertz CT molecular complexity index is 1030. The number of ether oxygens (including phenoxy) is 2. The summed E-state index contributed by atoms with van der Waals surface area (Å²) in [6, 6.07) is 13.5. The zero-order chi connectivity index (χ0) is 20.1. The normalized spacial score (nSPS) is 11.4. The number of hydrogen-bond acceptors (Lipinski definition) is 6. The van der Waals surface area contributed by atoms with Crippen LogP contribution in [0.4, 0.5) is 0 Å². The summed E-state index contributed by atoms with van der Waals surface area (Å²) in [5, 5.41) is 0. The van der Waals surface area contributed by atoms with Gasteiger partial charge in [-0.2, -0.15) is 0 Å². The predicted octanol–water partition coefficient (Wildman–Crippen LogP) is 3.54. The average Bonchev–Trinajstić information content (AvgIpc) is 3.08. The molecule has 0 spiro atoms. The highest BCUT2D eigenvalue weighted by atomic mass is 32.2. The fourth-order valence-corrected chi connectivity index (χ4v) is 3.57. The van der Waals surface area contributed by atoms with Crippen molar-refractivity contribution in [3.63, 3.8) is 0 Å². The first-order valence-electron chi connectivity index (χ1n) is 8.76. The Hall–Kier alpha value is -2.84. The zero-order valence-electron chi connectivity index (χ0n) is 15.9. The van der Waals surface area contributed by atoms with E-state index in [-0.39, 0.29) is 11.4 Å². The average molecular weight is 402 g/mol. The molecule has 0 atom stereocenters. The molecule has 148 valence electrons. The van der Waals surface area contributed by atoms with Crippen molar-refractivity contribution in [1.82, 2.24) is 9.71 Å². The monoisotopic (exact) mass is 402 g/mol. The van der Waals surface area contributed by atoms with Gasteiger partial charge in [-0.1, -0.05) is 0 Å². The maximum Gasteiger partial charge on any atom is 0.240 e. The molecular formula is C20H22N2O5S. The molecule has 0 aliphatic heterocycles. The molecule has 0 bridgehead atoms. The van der Waals surface area contributed by atoms with Crippen LogP contribution in [0.3, 0.4) is 0 Å². The van der Waals surface area contributed by atoms with Gasteiger partial charge in [0.1, 0.15) is 17.3 Å². The summed E-state index contributed by atoms with van der Waals surface area (Å²) in [5.74, 6) is 2.34. The molecule has 0 saturated heterocycles. The molecule has 28 heavy (non-hydrogen) atoms. The van der Waals surface area contributed by atoms with Crippen molar-refractivity contribution in [3.05, 3.63) is 60.0 Å². The number of rotatable bonds is 8. The van der Waals surface area contributed by atoms with Gasteiger partial charge in [-0.15, -0.1) is 0 Å². The lowest BCUT2D eigenvalue weighted by Crippen LogP contribution is -2.23. The van der Waals surface area contributed by atoms with Crippen LogP contribution in [0.2, 0.25) is 0 Å². The Morgan fingerprint density at radius 1 is 1.04 bits per heavy atom. The maximum absolute atomic E-state index is 12.5. The summed E-state index contributed by atoms with van der Waals surface area (Å²) < 4.78 is 43.7. The number of aromatic nitrogens is 1.